The Balaban J connectivity index is 1.47. The van der Waals surface area contributed by atoms with Crippen molar-refractivity contribution in [2.45, 2.75) is 6.54 Å². The van der Waals surface area contributed by atoms with Crippen molar-refractivity contribution in [1.82, 2.24) is 10.3 Å². The second kappa shape index (κ2) is 8.32. The Morgan fingerprint density at radius 2 is 1.69 bits per heavy atom. The van der Waals surface area contributed by atoms with Crippen LogP contribution in [0.3, 0.4) is 0 Å². The van der Waals surface area contributed by atoms with Gasteiger partial charge in [-0.2, -0.15) is 0 Å². The van der Waals surface area contributed by atoms with Gasteiger partial charge in [0.1, 0.15) is 5.01 Å². The van der Waals surface area contributed by atoms with E-state index in [1.807, 2.05) is 60.0 Å². The molecule has 0 aliphatic heterocycles. The molecule has 0 unspecified atom stereocenters. The topological polar surface area (TPSA) is 42.0 Å². The average molecular weight is 406 g/mol. The Morgan fingerprint density at radius 3 is 2.48 bits per heavy atom. The zero-order chi connectivity index (χ0) is 20.2. The molecule has 0 bridgehead atoms. The maximum atomic E-state index is 13.3. The number of hydrogen-bond donors (Lipinski definition) is 1. The summed E-state index contributed by atoms with van der Waals surface area (Å²) in [5.74, 6) is -2.49. The first kappa shape index (κ1) is 19.0. The Morgan fingerprint density at radius 1 is 0.897 bits per heavy atom. The number of aromatic nitrogens is 1. The maximum Gasteiger partial charge on any atom is 0.251 e. The van der Waals surface area contributed by atoms with E-state index in [4.69, 9.17) is 4.98 Å². The molecule has 0 atom stereocenters. The van der Waals surface area contributed by atoms with E-state index in [2.05, 4.69) is 5.32 Å². The summed E-state index contributed by atoms with van der Waals surface area (Å²) < 4.78 is 26.3. The molecule has 0 aliphatic rings. The van der Waals surface area contributed by atoms with Crippen molar-refractivity contribution in [3.8, 4) is 21.8 Å². The lowest BCUT2D eigenvalue weighted by atomic mass is 10.1. The smallest absolute Gasteiger partial charge is 0.251 e. The lowest BCUT2D eigenvalue weighted by molar-refractivity contribution is 0.0950. The van der Waals surface area contributed by atoms with Gasteiger partial charge in [0, 0.05) is 28.6 Å². The fourth-order valence-electron chi connectivity index (χ4n) is 2.88. The molecular weight excluding hydrogens is 390 g/mol. The van der Waals surface area contributed by atoms with Crippen LogP contribution in [0.5, 0.6) is 0 Å². The normalized spacial score (nSPS) is 10.7. The Labute approximate surface area is 170 Å². The van der Waals surface area contributed by atoms with Crippen LogP contribution in [0, 0.1) is 11.6 Å². The van der Waals surface area contributed by atoms with Gasteiger partial charge in [-0.15, -0.1) is 11.3 Å². The molecular formula is C23H16F2N2OS. The minimum Gasteiger partial charge on any atom is -0.348 e. The van der Waals surface area contributed by atoms with Crippen LogP contribution < -0.4 is 5.32 Å². The van der Waals surface area contributed by atoms with E-state index in [1.165, 1.54) is 6.07 Å². The van der Waals surface area contributed by atoms with Crippen molar-refractivity contribution < 1.29 is 13.6 Å². The van der Waals surface area contributed by atoms with E-state index in [1.54, 1.807) is 11.3 Å². The fourth-order valence-corrected chi connectivity index (χ4v) is 3.71. The van der Waals surface area contributed by atoms with Crippen LogP contribution in [0.25, 0.3) is 21.8 Å². The highest BCUT2D eigenvalue weighted by atomic mass is 32.1. The van der Waals surface area contributed by atoms with Crippen LogP contribution in [0.15, 0.2) is 78.2 Å². The van der Waals surface area contributed by atoms with Gasteiger partial charge in [-0.25, -0.2) is 13.8 Å². The Bertz CT molecular complexity index is 1160. The van der Waals surface area contributed by atoms with Crippen molar-refractivity contribution >= 4 is 17.2 Å². The molecule has 1 heterocycles. The fraction of sp³-hybridized carbons (Fsp3) is 0.0435. The molecule has 3 aromatic carbocycles. The lowest BCUT2D eigenvalue weighted by Gasteiger charge is -2.07. The quantitative estimate of drug-likeness (QED) is 0.463. The molecule has 0 fully saturated rings. The van der Waals surface area contributed by atoms with Gasteiger partial charge in [0.05, 0.1) is 5.69 Å². The van der Waals surface area contributed by atoms with Crippen molar-refractivity contribution in [2.75, 3.05) is 0 Å². The third-order valence-corrected chi connectivity index (χ3v) is 5.27. The van der Waals surface area contributed by atoms with E-state index in [-0.39, 0.29) is 12.1 Å². The predicted octanol–water partition coefficient (Wildman–Crippen LogP) is 5.69. The number of carbonyl (C=O) groups excluding carboxylic acids is 1. The van der Waals surface area contributed by atoms with Crippen LogP contribution in [0.2, 0.25) is 0 Å². The molecule has 1 N–H and O–H groups in total. The molecule has 0 radical (unpaired) electrons. The van der Waals surface area contributed by atoms with Crippen LogP contribution in [-0.2, 0) is 6.54 Å². The monoisotopic (exact) mass is 406 g/mol. The summed E-state index contributed by atoms with van der Waals surface area (Å²) in [5.41, 5.74) is 3.90. The summed E-state index contributed by atoms with van der Waals surface area (Å²) in [5, 5.41) is 5.63. The summed E-state index contributed by atoms with van der Waals surface area (Å²) in [4.78, 5) is 16.9. The minimum absolute atomic E-state index is 0.0764. The maximum absolute atomic E-state index is 13.3. The molecule has 3 nitrogen and oxygen atoms in total. The summed E-state index contributed by atoms with van der Waals surface area (Å²) in [6.07, 6.45) is 0. The van der Waals surface area contributed by atoms with Gasteiger partial charge in [-0.3, -0.25) is 4.79 Å². The summed E-state index contributed by atoms with van der Waals surface area (Å²) in [6, 6.07) is 20.8. The highest BCUT2D eigenvalue weighted by Crippen LogP contribution is 2.29. The van der Waals surface area contributed by atoms with Crippen LogP contribution in [0.1, 0.15) is 15.9 Å². The van der Waals surface area contributed by atoms with E-state index in [0.717, 1.165) is 39.5 Å². The van der Waals surface area contributed by atoms with Crippen molar-refractivity contribution in [3.63, 3.8) is 0 Å². The van der Waals surface area contributed by atoms with Gasteiger partial charge in [-0.1, -0.05) is 48.5 Å². The first-order valence-electron chi connectivity index (χ1n) is 8.93. The molecule has 0 saturated heterocycles. The predicted molar refractivity (Wildman–Crippen MR) is 111 cm³/mol. The molecule has 29 heavy (non-hydrogen) atoms. The number of benzene rings is 3. The molecule has 4 aromatic rings. The summed E-state index contributed by atoms with van der Waals surface area (Å²) in [6.45, 7) is 0.266. The molecule has 1 amide bonds. The standard InChI is InChI=1S/C23H16F2N2OS/c24-19-10-9-17(12-20(19)25)22(28)26-13-15-5-4-8-18(11-15)23-27-21(14-29-23)16-6-2-1-3-7-16/h1-12,14H,13H2,(H,26,28). The highest BCUT2D eigenvalue weighted by Gasteiger charge is 2.11. The largest absolute Gasteiger partial charge is 0.348 e. The van der Waals surface area contributed by atoms with Gasteiger partial charge < -0.3 is 5.32 Å². The first-order valence-corrected chi connectivity index (χ1v) is 9.81. The number of halogens is 2. The van der Waals surface area contributed by atoms with E-state index < -0.39 is 17.5 Å². The minimum atomic E-state index is -1.04. The second-order valence-electron chi connectivity index (χ2n) is 6.42. The van der Waals surface area contributed by atoms with E-state index >= 15 is 0 Å². The van der Waals surface area contributed by atoms with Crippen molar-refractivity contribution in [3.05, 3.63) is 101 Å². The van der Waals surface area contributed by atoms with Gasteiger partial charge in [0.15, 0.2) is 11.6 Å². The number of hydrogen-bond acceptors (Lipinski definition) is 3. The highest BCUT2D eigenvalue weighted by molar-refractivity contribution is 7.13. The molecule has 0 saturated carbocycles. The Hall–Kier alpha value is -3.38. The molecule has 0 aliphatic carbocycles. The number of nitrogens with one attached hydrogen (secondary N) is 1. The third-order valence-electron chi connectivity index (χ3n) is 4.38. The van der Waals surface area contributed by atoms with E-state index in [9.17, 15) is 13.6 Å². The van der Waals surface area contributed by atoms with Crippen molar-refractivity contribution in [1.29, 1.82) is 0 Å². The first-order chi connectivity index (χ1) is 14.1. The van der Waals surface area contributed by atoms with Crippen molar-refractivity contribution in [2.24, 2.45) is 0 Å². The van der Waals surface area contributed by atoms with Crippen LogP contribution in [-0.4, -0.2) is 10.9 Å². The molecule has 0 spiro atoms. The van der Waals surface area contributed by atoms with Gasteiger partial charge in [0.2, 0.25) is 0 Å². The zero-order valence-electron chi connectivity index (χ0n) is 15.2. The summed E-state index contributed by atoms with van der Waals surface area (Å²) >= 11 is 1.55. The number of rotatable bonds is 5. The number of amides is 1. The second-order valence-corrected chi connectivity index (χ2v) is 7.27. The number of nitrogens with zero attached hydrogens (tertiary/aromatic N) is 1. The molecule has 1 aromatic heterocycles. The number of thiazole rings is 1. The average Bonchev–Trinajstić information content (AvgIpc) is 3.25. The van der Waals surface area contributed by atoms with Crippen LogP contribution >= 0.6 is 11.3 Å². The Kier molecular flexibility index (Phi) is 5.44. The molecule has 6 heteroatoms. The number of carbonyl (C=O) groups is 1. The third kappa shape index (κ3) is 4.38. The SMILES string of the molecule is O=C(NCc1cccc(-c2nc(-c3ccccc3)cs2)c1)c1ccc(F)c(F)c1. The lowest BCUT2D eigenvalue weighted by Crippen LogP contribution is -2.23. The summed E-state index contributed by atoms with van der Waals surface area (Å²) in [7, 11) is 0. The van der Waals surface area contributed by atoms with Gasteiger partial charge >= 0.3 is 0 Å². The van der Waals surface area contributed by atoms with Crippen LogP contribution in [0.4, 0.5) is 8.78 Å². The van der Waals surface area contributed by atoms with E-state index in [0.29, 0.717) is 0 Å². The van der Waals surface area contributed by atoms with Gasteiger partial charge in [-0.05, 0) is 29.8 Å². The zero-order valence-corrected chi connectivity index (χ0v) is 16.0. The molecule has 4 rings (SSSR count). The molecule has 144 valence electrons. The van der Waals surface area contributed by atoms with Gasteiger partial charge in [0.25, 0.3) is 5.91 Å².